The van der Waals surface area contributed by atoms with Crippen LogP contribution in [0.5, 0.6) is 0 Å². The lowest BCUT2D eigenvalue weighted by molar-refractivity contribution is -0.140. The Labute approximate surface area is 123 Å². The SMILES string of the molecule is CCCCc1nc(CN2C(=O)[C@H]3CC=CC[C@@H]3C2=O)no1. The molecule has 0 aromatic carbocycles. The van der Waals surface area contributed by atoms with Crippen molar-refractivity contribution in [1.82, 2.24) is 15.0 Å². The van der Waals surface area contributed by atoms with E-state index in [1.54, 1.807) is 0 Å². The largest absolute Gasteiger partial charge is 0.339 e. The Kier molecular flexibility index (Phi) is 3.86. The van der Waals surface area contributed by atoms with Crippen LogP contribution in [0.3, 0.4) is 0 Å². The third-order valence-electron chi connectivity index (χ3n) is 4.15. The zero-order valence-corrected chi connectivity index (χ0v) is 12.1. The first kappa shape index (κ1) is 14.0. The van der Waals surface area contributed by atoms with Crippen molar-refractivity contribution in [1.29, 1.82) is 0 Å². The molecule has 1 fully saturated rings. The van der Waals surface area contributed by atoms with E-state index >= 15 is 0 Å². The quantitative estimate of drug-likeness (QED) is 0.611. The molecular formula is C15H19N3O3. The number of allylic oxidation sites excluding steroid dienone is 2. The molecule has 0 radical (unpaired) electrons. The number of fused-ring (bicyclic) bond motifs is 1. The van der Waals surface area contributed by atoms with Crippen LogP contribution in [0.2, 0.25) is 0 Å². The third kappa shape index (κ3) is 2.62. The fourth-order valence-electron chi connectivity index (χ4n) is 2.95. The summed E-state index contributed by atoms with van der Waals surface area (Å²) in [7, 11) is 0. The minimum atomic E-state index is -0.200. The number of aromatic nitrogens is 2. The summed E-state index contributed by atoms with van der Waals surface area (Å²) in [5, 5.41) is 3.87. The first-order valence-electron chi connectivity index (χ1n) is 7.52. The summed E-state index contributed by atoms with van der Waals surface area (Å²) in [5.41, 5.74) is 0. The smallest absolute Gasteiger partial charge is 0.233 e. The summed E-state index contributed by atoms with van der Waals surface area (Å²) in [4.78, 5) is 30.2. The third-order valence-corrected chi connectivity index (χ3v) is 4.15. The van der Waals surface area contributed by atoms with Gasteiger partial charge in [0.15, 0.2) is 5.82 Å². The maximum absolute atomic E-state index is 12.3. The number of carbonyl (C=O) groups excluding carboxylic acids is 2. The zero-order valence-electron chi connectivity index (χ0n) is 12.1. The minimum Gasteiger partial charge on any atom is -0.339 e. The van der Waals surface area contributed by atoms with E-state index in [0.29, 0.717) is 24.6 Å². The lowest BCUT2D eigenvalue weighted by Crippen LogP contribution is -2.31. The summed E-state index contributed by atoms with van der Waals surface area (Å²) < 4.78 is 5.14. The zero-order chi connectivity index (χ0) is 14.8. The molecular weight excluding hydrogens is 270 g/mol. The van der Waals surface area contributed by atoms with Crippen LogP contribution in [0, 0.1) is 11.8 Å². The highest BCUT2D eigenvalue weighted by molar-refractivity contribution is 6.05. The molecule has 1 aromatic rings. The first-order valence-corrected chi connectivity index (χ1v) is 7.52. The molecule has 2 aliphatic rings. The molecule has 112 valence electrons. The second kappa shape index (κ2) is 5.79. The van der Waals surface area contributed by atoms with Gasteiger partial charge in [0.1, 0.15) is 0 Å². The normalized spacial score (nSPS) is 24.7. The number of aryl methyl sites for hydroxylation is 1. The lowest BCUT2D eigenvalue weighted by Gasteiger charge is -2.14. The van der Waals surface area contributed by atoms with Gasteiger partial charge in [0.2, 0.25) is 17.7 Å². The van der Waals surface area contributed by atoms with Crippen LogP contribution in [0.4, 0.5) is 0 Å². The van der Waals surface area contributed by atoms with Gasteiger partial charge in [0.05, 0.1) is 18.4 Å². The maximum Gasteiger partial charge on any atom is 0.233 e. The lowest BCUT2D eigenvalue weighted by atomic mass is 9.85. The van der Waals surface area contributed by atoms with Crippen molar-refractivity contribution in [3.8, 4) is 0 Å². The van der Waals surface area contributed by atoms with E-state index in [1.165, 1.54) is 4.90 Å². The van der Waals surface area contributed by atoms with Gasteiger partial charge in [-0.2, -0.15) is 4.98 Å². The van der Waals surface area contributed by atoms with Gasteiger partial charge >= 0.3 is 0 Å². The molecule has 2 heterocycles. The number of imide groups is 1. The van der Waals surface area contributed by atoms with Crippen LogP contribution in [0.1, 0.15) is 44.3 Å². The molecule has 1 saturated heterocycles. The van der Waals surface area contributed by atoms with Gasteiger partial charge in [-0.25, -0.2) is 0 Å². The Morgan fingerprint density at radius 2 is 1.90 bits per heavy atom. The highest BCUT2D eigenvalue weighted by Gasteiger charge is 2.47. The van der Waals surface area contributed by atoms with Crippen molar-refractivity contribution < 1.29 is 14.1 Å². The molecule has 0 spiro atoms. The number of hydrogen-bond acceptors (Lipinski definition) is 5. The topological polar surface area (TPSA) is 76.3 Å². The number of unbranched alkanes of at least 4 members (excludes halogenated alkanes) is 1. The summed E-state index contributed by atoms with van der Waals surface area (Å²) in [6, 6.07) is 0. The second-order valence-corrected chi connectivity index (χ2v) is 5.63. The van der Waals surface area contributed by atoms with Gasteiger partial charge < -0.3 is 4.52 Å². The van der Waals surface area contributed by atoms with Gasteiger partial charge in [-0.05, 0) is 19.3 Å². The monoisotopic (exact) mass is 289 g/mol. The Morgan fingerprint density at radius 3 is 2.52 bits per heavy atom. The van der Waals surface area contributed by atoms with Gasteiger partial charge in [0.25, 0.3) is 0 Å². The predicted molar refractivity (Wildman–Crippen MR) is 73.8 cm³/mol. The van der Waals surface area contributed by atoms with Crippen molar-refractivity contribution in [3.05, 3.63) is 23.9 Å². The van der Waals surface area contributed by atoms with E-state index in [0.717, 1.165) is 19.3 Å². The average Bonchev–Trinajstić information content (AvgIpc) is 3.05. The van der Waals surface area contributed by atoms with Gasteiger partial charge in [-0.3, -0.25) is 14.5 Å². The van der Waals surface area contributed by atoms with Crippen molar-refractivity contribution in [2.45, 2.75) is 45.6 Å². The standard InChI is InChI=1S/C15H19N3O3/c1-2-3-8-13-16-12(17-21-13)9-18-14(19)10-6-4-5-7-11(10)15(18)20/h4-5,10-11H,2-3,6-9H2,1H3/t10-,11-/m0/s1. The molecule has 0 N–H and O–H groups in total. The molecule has 6 nitrogen and oxygen atoms in total. The molecule has 0 unspecified atom stereocenters. The number of amides is 2. The number of likely N-dealkylation sites (tertiary alicyclic amines) is 1. The number of hydrogen-bond donors (Lipinski definition) is 0. The van der Waals surface area contributed by atoms with Crippen molar-refractivity contribution in [2.75, 3.05) is 0 Å². The van der Waals surface area contributed by atoms with Crippen LogP contribution >= 0.6 is 0 Å². The molecule has 3 rings (SSSR count). The van der Waals surface area contributed by atoms with Crippen molar-refractivity contribution in [2.24, 2.45) is 11.8 Å². The fraction of sp³-hybridized carbons (Fsp3) is 0.600. The number of nitrogens with zero attached hydrogens (tertiary/aromatic N) is 3. The highest BCUT2D eigenvalue weighted by atomic mass is 16.5. The van der Waals surface area contributed by atoms with E-state index in [2.05, 4.69) is 17.1 Å². The Balaban J connectivity index is 1.69. The van der Waals surface area contributed by atoms with Gasteiger partial charge in [-0.1, -0.05) is 30.7 Å². The van der Waals surface area contributed by atoms with Crippen molar-refractivity contribution >= 4 is 11.8 Å². The Hall–Kier alpha value is -1.98. The van der Waals surface area contributed by atoms with E-state index in [1.807, 2.05) is 12.2 Å². The van der Waals surface area contributed by atoms with E-state index in [-0.39, 0.29) is 30.2 Å². The molecule has 21 heavy (non-hydrogen) atoms. The Morgan fingerprint density at radius 1 is 1.24 bits per heavy atom. The molecule has 1 aromatic heterocycles. The maximum atomic E-state index is 12.3. The van der Waals surface area contributed by atoms with E-state index in [4.69, 9.17) is 4.52 Å². The van der Waals surface area contributed by atoms with Crippen LogP contribution in [0.25, 0.3) is 0 Å². The summed E-state index contributed by atoms with van der Waals surface area (Å²) in [6.07, 6.45) is 8.04. The first-order chi connectivity index (χ1) is 10.2. The van der Waals surface area contributed by atoms with Crippen LogP contribution in [-0.2, 0) is 22.6 Å². The molecule has 2 amide bonds. The molecule has 1 aliphatic carbocycles. The minimum absolute atomic E-state index is 0.103. The van der Waals surface area contributed by atoms with Crippen molar-refractivity contribution in [3.63, 3.8) is 0 Å². The fourth-order valence-corrected chi connectivity index (χ4v) is 2.95. The molecule has 0 bridgehead atoms. The van der Waals surface area contributed by atoms with Gasteiger partial charge in [-0.15, -0.1) is 0 Å². The van der Waals surface area contributed by atoms with E-state index < -0.39 is 0 Å². The highest BCUT2D eigenvalue weighted by Crippen LogP contribution is 2.35. The van der Waals surface area contributed by atoms with Crippen LogP contribution < -0.4 is 0 Å². The number of carbonyl (C=O) groups is 2. The van der Waals surface area contributed by atoms with Crippen LogP contribution in [0.15, 0.2) is 16.7 Å². The number of rotatable bonds is 5. The Bertz CT molecular complexity index is 552. The molecule has 6 heteroatoms. The van der Waals surface area contributed by atoms with Crippen LogP contribution in [-0.4, -0.2) is 26.9 Å². The summed E-state index contributed by atoms with van der Waals surface area (Å²) >= 11 is 0. The average molecular weight is 289 g/mol. The summed E-state index contributed by atoms with van der Waals surface area (Å²) in [6.45, 7) is 2.22. The predicted octanol–water partition coefficient (Wildman–Crippen LogP) is 1.86. The summed E-state index contributed by atoms with van der Waals surface area (Å²) in [5.74, 6) is 0.380. The second-order valence-electron chi connectivity index (χ2n) is 5.63. The molecule has 1 aliphatic heterocycles. The van der Waals surface area contributed by atoms with Gasteiger partial charge in [0, 0.05) is 6.42 Å². The van der Waals surface area contributed by atoms with E-state index in [9.17, 15) is 9.59 Å². The molecule has 0 saturated carbocycles. The molecule has 2 atom stereocenters.